The van der Waals surface area contributed by atoms with E-state index in [9.17, 15) is 9.59 Å². The number of anilines is 2. The van der Waals surface area contributed by atoms with Crippen molar-refractivity contribution < 1.29 is 9.53 Å². The van der Waals surface area contributed by atoms with Gasteiger partial charge in [-0.2, -0.15) is 5.10 Å². The maximum absolute atomic E-state index is 12.9. The van der Waals surface area contributed by atoms with Crippen molar-refractivity contribution in [1.82, 2.24) is 29.4 Å². The molecule has 0 radical (unpaired) electrons. The molecule has 1 aliphatic rings. The summed E-state index contributed by atoms with van der Waals surface area (Å²) in [4.78, 5) is 31.9. The number of amides is 1. The summed E-state index contributed by atoms with van der Waals surface area (Å²) in [6.45, 7) is 5.23. The Bertz CT molecular complexity index is 1400. The van der Waals surface area contributed by atoms with Gasteiger partial charge in [0.1, 0.15) is 19.0 Å². The van der Waals surface area contributed by atoms with Crippen molar-refractivity contribution in [2.24, 2.45) is 0 Å². The minimum Gasteiger partial charge on any atom is -0.472 e. The third-order valence-corrected chi connectivity index (χ3v) is 5.83. The van der Waals surface area contributed by atoms with Crippen LogP contribution in [-0.4, -0.2) is 54.5 Å². The highest BCUT2D eigenvalue weighted by atomic mass is 16.5. The number of fused-ring (bicyclic) bond motifs is 1. The Morgan fingerprint density at radius 3 is 2.94 bits per heavy atom. The van der Waals surface area contributed by atoms with Gasteiger partial charge >= 0.3 is 0 Å². The average molecular weight is 475 g/mol. The van der Waals surface area contributed by atoms with Crippen LogP contribution in [0.1, 0.15) is 31.9 Å². The second-order valence-corrected chi connectivity index (χ2v) is 8.77. The van der Waals surface area contributed by atoms with Gasteiger partial charge in [-0.3, -0.25) is 14.0 Å². The van der Waals surface area contributed by atoms with Crippen molar-refractivity contribution in [3.05, 3.63) is 71.2 Å². The molecule has 5 heterocycles. The molecular weight excluding hydrogens is 448 g/mol. The zero-order valence-electron chi connectivity index (χ0n) is 19.5. The molecule has 11 heteroatoms. The first-order valence-electron chi connectivity index (χ1n) is 11.5. The van der Waals surface area contributed by atoms with Crippen LogP contribution in [0.15, 0.2) is 59.9 Å². The van der Waals surface area contributed by atoms with Gasteiger partial charge in [0.15, 0.2) is 5.65 Å². The van der Waals surface area contributed by atoms with Crippen LogP contribution < -0.4 is 20.5 Å². The van der Waals surface area contributed by atoms with Crippen LogP contribution in [0.5, 0.6) is 5.88 Å². The molecule has 35 heavy (non-hydrogen) atoms. The summed E-state index contributed by atoms with van der Waals surface area (Å²) in [6, 6.07) is 10.6. The largest absolute Gasteiger partial charge is 0.472 e. The summed E-state index contributed by atoms with van der Waals surface area (Å²) in [5, 5.41) is 15.1. The van der Waals surface area contributed by atoms with Gasteiger partial charge in [0.05, 0.1) is 23.6 Å². The number of pyridine rings is 2. The predicted octanol–water partition coefficient (Wildman–Crippen LogP) is 2.10. The van der Waals surface area contributed by atoms with Gasteiger partial charge in [0, 0.05) is 37.5 Å². The molecule has 1 N–H and O–H groups in total. The molecule has 1 amide bonds. The van der Waals surface area contributed by atoms with Crippen molar-refractivity contribution in [1.29, 1.82) is 0 Å². The first kappa shape index (κ1) is 22.5. The average Bonchev–Trinajstić information content (AvgIpc) is 3.50. The minimum atomic E-state index is -0.348. The normalized spacial score (nSPS) is 15.6. The molecule has 5 rings (SSSR count). The number of rotatable bonds is 7. The monoisotopic (exact) mass is 474 g/mol. The first-order valence-corrected chi connectivity index (χ1v) is 11.5. The molecule has 4 aromatic heterocycles. The molecule has 0 aromatic carbocycles. The molecule has 0 saturated carbocycles. The summed E-state index contributed by atoms with van der Waals surface area (Å²) in [5.74, 6) is 0.303. The van der Waals surface area contributed by atoms with Crippen molar-refractivity contribution in [2.75, 3.05) is 23.3 Å². The smallest absolute Gasteiger partial charge is 0.269 e. The molecule has 0 bridgehead atoms. The van der Waals surface area contributed by atoms with Crippen LogP contribution in [-0.2, 0) is 11.3 Å². The van der Waals surface area contributed by atoms with Gasteiger partial charge in [-0.25, -0.2) is 9.67 Å². The minimum absolute atomic E-state index is 0.0267. The van der Waals surface area contributed by atoms with E-state index < -0.39 is 0 Å². The van der Waals surface area contributed by atoms with Gasteiger partial charge in [0.2, 0.25) is 11.8 Å². The predicted molar refractivity (Wildman–Crippen MR) is 130 cm³/mol. The van der Waals surface area contributed by atoms with Crippen LogP contribution in [0, 0.1) is 0 Å². The number of hydrogen-bond donors (Lipinski definition) is 1. The Morgan fingerprint density at radius 1 is 1.26 bits per heavy atom. The number of carbonyl (C=O) groups excluding carboxylic acids is 1. The van der Waals surface area contributed by atoms with Crippen LogP contribution in [0.2, 0.25) is 0 Å². The van der Waals surface area contributed by atoms with E-state index in [2.05, 4.69) is 30.5 Å². The lowest BCUT2D eigenvalue weighted by molar-refractivity contribution is -0.117. The second-order valence-electron chi connectivity index (χ2n) is 8.77. The molecule has 0 aliphatic carbocycles. The second kappa shape index (κ2) is 9.53. The highest BCUT2D eigenvalue weighted by Gasteiger charge is 2.28. The molecule has 1 aliphatic heterocycles. The van der Waals surface area contributed by atoms with Crippen LogP contribution in [0.3, 0.4) is 0 Å². The summed E-state index contributed by atoms with van der Waals surface area (Å²) in [6.07, 6.45) is 5.75. The molecular formula is C24H26N8O3. The quantitative estimate of drug-likeness (QED) is 0.433. The fourth-order valence-corrected chi connectivity index (χ4v) is 4.14. The zero-order valence-corrected chi connectivity index (χ0v) is 19.5. The van der Waals surface area contributed by atoms with Crippen LogP contribution in [0.25, 0.3) is 5.65 Å². The van der Waals surface area contributed by atoms with E-state index in [1.54, 1.807) is 41.3 Å². The Kier molecular flexibility index (Phi) is 6.13. The van der Waals surface area contributed by atoms with Crippen LogP contribution in [0.4, 0.5) is 11.4 Å². The molecule has 4 aromatic rings. The highest BCUT2D eigenvalue weighted by Crippen LogP contribution is 2.28. The Hall–Kier alpha value is -4.28. The lowest BCUT2D eigenvalue weighted by Crippen LogP contribution is -2.33. The summed E-state index contributed by atoms with van der Waals surface area (Å²) >= 11 is 0. The molecule has 1 fully saturated rings. The van der Waals surface area contributed by atoms with Crippen molar-refractivity contribution in [3.8, 4) is 5.88 Å². The number of nitrogens with zero attached hydrogens (tertiary/aromatic N) is 7. The maximum atomic E-state index is 12.9. The van der Waals surface area contributed by atoms with Gasteiger partial charge in [-0.15, -0.1) is 10.2 Å². The van der Waals surface area contributed by atoms with E-state index in [-0.39, 0.29) is 30.0 Å². The third kappa shape index (κ3) is 4.98. The van der Waals surface area contributed by atoms with Crippen molar-refractivity contribution in [2.45, 2.75) is 38.8 Å². The molecule has 1 atom stereocenters. The fourth-order valence-electron chi connectivity index (χ4n) is 4.14. The molecule has 1 saturated heterocycles. The first-order chi connectivity index (χ1) is 17.0. The van der Waals surface area contributed by atoms with E-state index >= 15 is 0 Å². The van der Waals surface area contributed by atoms with Crippen LogP contribution >= 0.6 is 0 Å². The third-order valence-electron chi connectivity index (χ3n) is 5.83. The van der Waals surface area contributed by atoms with Gasteiger partial charge in [-0.1, -0.05) is 19.9 Å². The van der Waals surface area contributed by atoms with Crippen molar-refractivity contribution >= 4 is 22.9 Å². The van der Waals surface area contributed by atoms with E-state index in [1.807, 2.05) is 32.0 Å². The van der Waals surface area contributed by atoms with E-state index in [1.165, 1.54) is 4.68 Å². The number of ether oxygens (including phenoxy) is 1. The SMILES string of the molecule is CC(C)c1nn(CC(=O)Nc2ccc3nncn3c2)c(=O)cc1N1CCC(Oc2ccccn2)C1. The van der Waals surface area contributed by atoms with Crippen molar-refractivity contribution in [3.63, 3.8) is 0 Å². The van der Waals surface area contributed by atoms with E-state index in [0.29, 0.717) is 23.8 Å². The maximum Gasteiger partial charge on any atom is 0.269 e. The lowest BCUT2D eigenvalue weighted by atomic mass is 10.1. The molecule has 180 valence electrons. The van der Waals surface area contributed by atoms with E-state index in [4.69, 9.17) is 4.74 Å². The standard InChI is InChI=1S/C24H26N8O3/c1-16(2)24-19(30-10-8-18(13-30)35-22-5-3-4-9-25-22)11-23(34)32(29-24)14-21(33)27-17-6-7-20-28-26-15-31(20)12-17/h3-7,9,11-12,15-16,18H,8,10,13-14H2,1-2H3,(H,27,33). The number of aromatic nitrogens is 6. The van der Waals surface area contributed by atoms with Gasteiger partial charge in [0.25, 0.3) is 5.56 Å². The summed E-state index contributed by atoms with van der Waals surface area (Å²) in [7, 11) is 0. The summed E-state index contributed by atoms with van der Waals surface area (Å²) in [5.41, 5.74) is 2.47. The fraction of sp³-hybridized carbons (Fsp3) is 0.333. The van der Waals surface area contributed by atoms with E-state index in [0.717, 1.165) is 24.3 Å². The Balaban J connectivity index is 1.30. The summed E-state index contributed by atoms with van der Waals surface area (Å²) < 4.78 is 8.91. The van der Waals surface area contributed by atoms with Gasteiger partial charge < -0.3 is 15.0 Å². The lowest BCUT2D eigenvalue weighted by Gasteiger charge is -2.23. The number of hydrogen-bond acceptors (Lipinski definition) is 8. The molecule has 11 nitrogen and oxygen atoms in total. The number of carbonyl (C=O) groups is 1. The zero-order chi connectivity index (χ0) is 24.4. The van der Waals surface area contributed by atoms with Gasteiger partial charge in [-0.05, 0) is 24.1 Å². The topological polar surface area (TPSA) is 120 Å². The molecule has 0 spiro atoms. The Labute approximate surface area is 201 Å². The number of nitrogens with one attached hydrogen (secondary N) is 1. The Morgan fingerprint density at radius 2 is 2.14 bits per heavy atom. The molecule has 1 unspecified atom stereocenters. The highest BCUT2D eigenvalue weighted by molar-refractivity contribution is 5.90.